The summed E-state index contributed by atoms with van der Waals surface area (Å²) in [5, 5.41) is 9.81. The zero-order valence-corrected chi connectivity index (χ0v) is 21.4. The maximum atomic E-state index is 13.6. The van der Waals surface area contributed by atoms with Crippen molar-refractivity contribution in [1.82, 2.24) is 19.7 Å². The number of ether oxygens (including phenoxy) is 1. The lowest BCUT2D eigenvalue weighted by molar-refractivity contribution is 0.0313. The van der Waals surface area contributed by atoms with Crippen molar-refractivity contribution in [2.24, 2.45) is 5.92 Å². The quantitative estimate of drug-likeness (QED) is 0.617. The summed E-state index contributed by atoms with van der Waals surface area (Å²) in [6, 6.07) is 6.75. The summed E-state index contributed by atoms with van der Waals surface area (Å²) >= 11 is 0. The molecular weight excluding hydrogens is 463 g/mol. The van der Waals surface area contributed by atoms with Crippen LogP contribution in [0.2, 0.25) is 0 Å². The Labute approximate surface area is 211 Å². The number of carbonyl (C=O) groups is 2. The van der Waals surface area contributed by atoms with Gasteiger partial charge >= 0.3 is 0 Å². The molecule has 0 fully saturated rings. The first-order valence-corrected chi connectivity index (χ1v) is 11.8. The Kier molecular flexibility index (Phi) is 9.02. The summed E-state index contributed by atoms with van der Waals surface area (Å²) in [6.07, 6.45) is 1.05. The Hall–Kier alpha value is -3.48. The van der Waals surface area contributed by atoms with Gasteiger partial charge in [-0.3, -0.25) is 14.5 Å². The third-order valence-corrected chi connectivity index (χ3v) is 6.02. The fraction of sp³-hybridized carbons (Fsp3) is 0.444. The van der Waals surface area contributed by atoms with E-state index in [9.17, 15) is 19.1 Å². The van der Waals surface area contributed by atoms with Crippen LogP contribution in [0.3, 0.4) is 0 Å². The van der Waals surface area contributed by atoms with Crippen LogP contribution in [0.5, 0.6) is 5.88 Å². The molecule has 2 amide bonds. The van der Waals surface area contributed by atoms with Gasteiger partial charge in [-0.15, -0.1) is 0 Å². The number of fused-ring (bicyclic) bond motifs is 1. The lowest BCUT2D eigenvalue weighted by Gasteiger charge is -2.37. The lowest BCUT2D eigenvalue weighted by Crippen LogP contribution is -2.50. The SMILES string of the molecule is C[C@H]1CN([C@@H](C)CO)C(=O)c2cc(C#CCN(C)C)cnc2O[C@@H]1CN(C)C(=O)c1cccc(F)c1. The number of rotatable bonds is 6. The van der Waals surface area contributed by atoms with Crippen LogP contribution in [0, 0.1) is 23.6 Å². The zero-order valence-electron chi connectivity index (χ0n) is 21.4. The second kappa shape index (κ2) is 12.0. The molecule has 1 N–H and O–H groups in total. The first kappa shape index (κ1) is 27.1. The van der Waals surface area contributed by atoms with Gasteiger partial charge in [0.05, 0.1) is 25.7 Å². The van der Waals surface area contributed by atoms with Crippen LogP contribution < -0.4 is 4.74 Å². The van der Waals surface area contributed by atoms with Crippen LogP contribution in [-0.4, -0.2) is 96.1 Å². The maximum absolute atomic E-state index is 13.6. The molecule has 0 radical (unpaired) electrons. The van der Waals surface area contributed by atoms with Gasteiger partial charge in [-0.2, -0.15) is 0 Å². The van der Waals surface area contributed by atoms with Gasteiger partial charge in [-0.05, 0) is 45.3 Å². The predicted molar refractivity (Wildman–Crippen MR) is 134 cm³/mol. The maximum Gasteiger partial charge on any atom is 0.259 e. The van der Waals surface area contributed by atoms with Crippen LogP contribution in [-0.2, 0) is 0 Å². The summed E-state index contributed by atoms with van der Waals surface area (Å²) < 4.78 is 19.9. The van der Waals surface area contributed by atoms with Crippen LogP contribution in [0.15, 0.2) is 36.5 Å². The van der Waals surface area contributed by atoms with E-state index >= 15 is 0 Å². The molecule has 0 unspecified atom stereocenters. The molecule has 0 bridgehead atoms. The molecule has 3 rings (SSSR count). The molecule has 1 aliphatic heterocycles. The van der Waals surface area contributed by atoms with Gasteiger partial charge in [0.15, 0.2) is 0 Å². The monoisotopic (exact) mass is 496 g/mol. The number of aliphatic hydroxyl groups is 1. The fourth-order valence-electron chi connectivity index (χ4n) is 3.88. The summed E-state index contributed by atoms with van der Waals surface area (Å²) in [6.45, 7) is 4.55. The molecule has 8 nitrogen and oxygen atoms in total. The van der Waals surface area contributed by atoms with E-state index in [0.29, 0.717) is 18.7 Å². The summed E-state index contributed by atoms with van der Waals surface area (Å²) in [5.41, 5.74) is 1.07. The van der Waals surface area contributed by atoms with Crippen molar-refractivity contribution in [1.29, 1.82) is 0 Å². The highest BCUT2D eigenvalue weighted by Crippen LogP contribution is 2.27. The zero-order chi connectivity index (χ0) is 26.4. The number of halogens is 1. The highest BCUT2D eigenvalue weighted by Gasteiger charge is 2.34. The molecule has 0 saturated heterocycles. The van der Waals surface area contributed by atoms with Crippen LogP contribution >= 0.6 is 0 Å². The number of hydrogen-bond donors (Lipinski definition) is 1. The first-order valence-electron chi connectivity index (χ1n) is 11.8. The Bertz CT molecular complexity index is 1160. The predicted octanol–water partition coefficient (Wildman–Crippen LogP) is 2.13. The second-order valence-corrected chi connectivity index (χ2v) is 9.43. The lowest BCUT2D eigenvalue weighted by atomic mass is 9.99. The molecule has 0 saturated carbocycles. The van der Waals surface area contributed by atoms with Crippen LogP contribution in [0.1, 0.15) is 40.1 Å². The fourth-order valence-corrected chi connectivity index (χ4v) is 3.88. The molecule has 0 spiro atoms. The number of aliphatic hydroxyl groups excluding tert-OH is 1. The molecule has 1 aromatic carbocycles. The number of pyridine rings is 1. The highest BCUT2D eigenvalue weighted by molar-refractivity contribution is 5.97. The normalized spacial score (nSPS) is 18.3. The van der Waals surface area contributed by atoms with Crippen LogP contribution in [0.25, 0.3) is 0 Å². The van der Waals surface area contributed by atoms with Crippen molar-refractivity contribution in [2.45, 2.75) is 26.0 Å². The molecule has 192 valence electrons. The number of amides is 2. The first-order chi connectivity index (χ1) is 17.1. The molecule has 2 heterocycles. The van der Waals surface area contributed by atoms with E-state index in [1.54, 1.807) is 37.2 Å². The number of aromatic nitrogens is 1. The molecular formula is C27H33FN4O4. The van der Waals surface area contributed by atoms with E-state index in [4.69, 9.17) is 4.74 Å². The number of nitrogens with zero attached hydrogens (tertiary/aromatic N) is 4. The summed E-state index contributed by atoms with van der Waals surface area (Å²) in [7, 11) is 5.45. The largest absolute Gasteiger partial charge is 0.472 e. The molecule has 9 heteroatoms. The number of hydrogen-bond acceptors (Lipinski definition) is 6. The minimum atomic E-state index is -0.508. The van der Waals surface area contributed by atoms with Gasteiger partial charge < -0.3 is 19.6 Å². The molecule has 0 aliphatic carbocycles. The number of likely N-dealkylation sites (N-methyl/N-ethyl adjacent to an activating group) is 1. The molecule has 1 aromatic heterocycles. The van der Waals surface area contributed by atoms with E-state index in [1.807, 2.05) is 25.9 Å². The van der Waals surface area contributed by atoms with Crippen LogP contribution in [0.4, 0.5) is 4.39 Å². The molecule has 36 heavy (non-hydrogen) atoms. The average Bonchev–Trinajstić information content (AvgIpc) is 2.85. The smallest absolute Gasteiger partial charge is 0.259 e. The van der Waals surface area contributed by atoms with Crippen molar-refractivity contribution in [3.05, 3.63) is 59.0 Å². The minimum absolute atomic E-state index is 0.149. The highest BCUT2D eigenvalue weighted by atomic mass is 19.1. The molecule has 1 aliphatic rings. The molecule has 3 atom stereocenters. The van der Waals surface area contributed by atoms with Gasteiger partial charge in [0.2, 0.25) is 5.88 Å². The summed E-state index contributed by atoms with van der Waals surface area (Å²) in [5.74, 6) is 4.87. The second-order valence-electron chi connectivity index (χ2n) is 9.43. The van der Waals surface area contributed by atoms with Gasteiger partial charge in [0, 0.05) is 36.8 Å². The van der Waals surface area contributed by atoms with Crippen molar-refractivity contribution in [2.75, 3.05) is 47.4 Å². The van der Waals surface area contributed by atoms with Gasteiger partial charge in [-0.1, -0.05) is 24.8 Å². The van der Waals surface area contributed by atoms with Gasteiger partial charge in [0.25, 0.3) is 11.8 Å². The Morgan fingerprint density at radius 1 is 1.33 bits per heavy atom. The minimum Gasteiger partial charge on any atom is -0.472 e. The third kappa shape index (κ3) is 6.59. The van der Waals surface area contributed by atoms with E-state index in [1.165, 1.54) is 23.1 Å². The van der Waals surface area contributed by atoms with Crippen molar-refractivity contribution in [3.63, 3.8) is 0 Å². The average molecular weight is 497 g/mol. The van der Waals surface area contributed by atoms with Gasteiger partial charge in [-0.25, -0.2) is 9.37 Å². The van der Waals surface area contributed by atoms with Crippen molar-refractivity contribution in [3.8, 4) is 17.7 Å². The standard InChI is InChI=1S/C27H33FN4O4/c1-18-15-32(19(2)17-33)27(35)23-12-20(8-7-11-30(3)4)14-29-25(23)36-24(18)16-31(5)26(34)21-9-6-10-22(28)13-21/h6,9-10,12-14,18-19,24,33H,11,15-17H2,1-5H3/t18-,19-,24+/m0/s1. The topological polar surface area (TPSA) is 86.2 Å². The number of benzene rings is 1. The summed E-state index contributed by atoms with van der Waals surface area (Å²) in [4.78, 5) is 35.8. The Balaban J connectivity index is 1.93. The van der Waals surface area contributed by atoms with E-state index in [2.05, 4.69) is 16.8 Å². The van der Waals surface area contributed by atoms with Crippen molar-refractivity contribution < 1.29 is 23.8 Å². The Morgan fingerprint density at radius 3 is 2.75 bits per heavy atom. The van der Waals surface area contributed by atoms with E-state index < -0.39 is 18.0 Å². The van der Waals surface area contributed by atoms with E-state index in [0.717, 1.165) is 0 Å². The van der Waals surface area contributed by atoms with E-state index in [-0.39, 0.29) is 47.9 Å². The van der Waals surface area contributed by atoms with Crippen molar-refractivity contribution >= 4 is 11.8 Å². The van der Waals surface area contributed by atoms with Gasteiger partial charge in [0.1, 0.15) is 17.5 Å². The molecule has 2 aromatic rings. The Morgan fingerprint density at radius 2 is 2.08 bits per heavy atom. The number of carbonyl (C=O) groups excluding carboxylic acids is 2. The third-order valence-electron chi connectivity index (χ3n) is 6.02.